The first-order valence-corrected chi connectivity index (χ1v) is 19.8. The van der Waals surface area contributed by atoms with Crippen LogP contribution in [0.4, 0.5) is 0 Å². The predicted molar refractivity (Wildman–Crippen MR) is 220 cm³/mol. The van der Waals surface area contributed by atoms with Crippen molar-refractivity contribution >= 4 is 53.2 Å². The maximum absolute atomic E-state index is 3.06. The van der Waals surface area contributed by atoms with Crippen molar-refractivity contribution < 1.29 is 23.3 Å². The van der Waals surface area contributed by atoms with E-state index in [4.69, 9.17) is 0 Å². The molecule has 0 saturated heterocycles. The van der Waals surface area contributed by atoms with Gasteiger partial charge in [-0.25, -0.2) is 0 Å². The van der Waals surface area contributed by atoms with Crippen LogP contribution in [0.1, 0.15) is 79.5 Å². The molecular weight excluding hydrogens is 719 g/mol. The van der Waals surface area contributed by atoms with Crippen LogP contribution in [0.5, 0.6) is 0 Å². The Bertz CT molecular complexity index is 1880. The van der Waals surface area contributed by atoms with E-state index in [1.807, 2.05) is 0 Å². The molecule has 0 amide bonds. The van der Waals surface area contributed by atoms with Gasteiger partial charge in [-0.3, -0.25) is 0 Å². The summed E-state index contributed by atoms with van der Waals surface area (Å²) in [6.07, 6.45) is 0. The quantitative estimate of drug-likeness (QED) is 0.124. The molecule has 0 atom stereocenters. The summed E-state index contributed by atoms with van der Waals surface area (Å²) in [5.41, 5.74) is 15.2. The van der Waals surface area contributed by atoms with E-state index >= 15 is 0 Å². The summed E-state index contributed by atoms with van der Waals surface area (Å²) in [5.74, 6) is 0.575. The van der Waals surface area contributed by atoms with Crippen LogP contribution in [0.25, 0.3) is 43.8 Å². The van der Waals surface area contributed by atoms with Crippen molar-refractivity contribution in [2.75, 3.05) is 0 Å². The molecule has 6 aromatic rings. The number of hydrogen-bond donors (Lipinski definition) is 0. The molecule has 0 fully saturated rings. The topological polar surface area (TPSA) is 0 Å². The summed E-state index contributed by atoms with van der Waals surface area (Å²) >= 11 is 1.36. The Morgan fingerprint density at radius 2 is 1.23 bits per heavy atom. The normalized spacial score (nSPS) is 10.4. The van der Waals surface area contributed by atoms with Crippen molar-refractivity contribution in [3.8, 4) is 22.3 Å². The molecule has 0 aliphatic rings. The summed E-state index contributed by atoms with van der Waals surface area (Å²) in [5, 5.41) is 5.49. The molecule has 0 N–H and O–H groups in total. The number of benzene rings is 4. The van der Waals surface area contributed by atoms with Crippen LogP contribution in [0, 0.1) is 49.5 Å². The van der Waals surface area contributed by atoms with Crippen LogP contribution in [0.3, 0.4) is 0 Å². The van der Waals surface area contributed by atoms with Gasteiger partial charge in [0.2, 0.25) is 0 Å². The number of fused-ring (bicyclic) bond motifs is 2. The molecule has 2 radical (unpaired) electrons. The van der Waals surface area contributed by atoms with E-state index in [2.05, 4.69) is 167 Å². The predicted octanol–water partition coefficient (Wildman–Crippen LogP) is 13.8. The van der Waals surface area contributed by atoms with Crippen LogP contribution in [-0.4, -0.2) is 6.88 Å². The summed E-state index contributed by atoms with van der Waals surface area (Å²) in [6, 6.07) is 34.1. The average molecular weight is 773 g/mol. The molecule has 0 aliphatic carbocycles. The van der Waals surface area contributed by atoms with Gasteiger partial charge in [-0.15, -0.1) is 93.4 Å². The third-order valence-electron chi connectivity index (χ3n) is 8.70. The monoisotopic (exact) mass is 770 g/mol. The number of rotatable bonds is 3. The van der Waals surface area contributed by atoms with Gasteiger partial charge >= 0.3 is 30.2 Å². The molecule has 4 heteroatoms. The first-order chi connectivity index (χ1) is 20.8. The molecule has 48 heavy (non-hydrogen) atoms. The minimum atomic E-state index is 0. The standard InChI is InChI=1S/2C21H23.2CH3.2ClH.Si.Zr/c1-14-12-19-15(2)6-11-18(20(19)13-14)16-7-9-17(10-8-16)21(3,4)5;1-13(2)18-11-17-7-6-8-19(20(17)12-18)21-15(4)9-14(3)10-16(21)5;;;;;;/h2*6-13H,1-5H3;2*1H3;2*1H;;/q4*-1;;;;. The van der Waals surface area contributed by atoms with Gasteiger partial charge in [-0.1, -0.05) is 114 Å². The van der Waals surface area contributed by atoms with E-state index in [1.165, 1.54) is 106 Å². The molecule has 0 nitrogen and oxygen atoms in total. The fourth-order valence-electron chi connectivity index (χ4n) is 6.41. The van der Waals surface area contributed by atoms with Gasteiger partial charge in [-0.05, 0) is 59.9 Å². The second kappa shape index (κ2) is 19.2. The summed E-state index contributed by atoms with van der Waals surface area (Å²) in [7, 11) is 0. The van der Waals surface area contributed by atoms with E-state index in [0.29, 0.717) is 5.92 Å². The minimum absolute atomic E-state index is 0. The molecule has 6 aromatic carbocycles. The number of hydrogen-bond acceptors (Lipinski definition) is 0. The van der Waals surface area contributed by atoms with Crippen LogP contribution in [0.15, 0.2) is 91.0 Å². The molecule has 0 spiro atoms. The van der Waals surface area contributed by atoms with Gasteiger partial charge in [0.1, 0.15) is 0 Å². The van der Waals surface area contributed by atoms with E-state index in [9.17, 15) is 0 Å². The Labute approximate surface area is 321 Å². The Morgan fingerprint density at radius 1 is 0.646 bits per heavy atom. The Hall–Kier alpha value is -2.22. The van der Waals surface area contributed by atoms with Crippen LogP contribution in [0.2, 0.25) is 0 Å². The van der Waals surface area contributed by atoms with Crippen molar-refractivity contribution in [3.63, 3.8) is 0 Å². The average Bonchev–Trinajstić information content (AvgIpc) is 3.59. The van der Waals surface area contributed by atoms with E-state index in [1.54, 1.807) is 0 Å². The molecule has 6 rings (SSSR count). The van der Waals surface area contributed by atoms with Gasteiger partial charge in [0, 0.05) is 0 Å². The third-order valence-corrected chi connectivity index (χ3v) is 8.70. The van der Waals surface area contributed by atoms with Crippen molar-refractivity contribution in [3.05, 3.63) is 145 Å². The zero-order valence-electron chi connectivity index (χ0n) is 31.1. The van der Waals surface area contributed by atoms with Crippen molar-refractivity contribution in [2.24, 2.45) is 0 Å². The van der Waals surface area contributed by atoms with E-state index in [0.717, 1.165) is 0 Å². The Morgan fingerprint density at radius 3 is 1.77 bits per heavy atom. The molecule has 0 heterocycles. The molecule has 0 aromatic heterocycles. The summed E-state index contributed by atoms with van der Waals surface area (Å²) < 4.78 is 0. The summed E-state index contributed by atoms with van der Waals surface area (Å²) in [4.78, 5) is 0. The fraction of sp³-hybridized carbons (Fsp3) is 0.273. The Kier molecular flexibility index (Phi) is 18.4. The van der Waals surface area contributed by atoms with Gasteiger partial charge < -0.3 is 14.9 Å². The molecule has 0 bridgehead atoms. The Balaban J connectivity index is 0.000000811. The first kappa shape index (κ1) is 45.8. The van der Waals surface area contributed by atoms with Crippen LogP contribution in [-0.2, 0) is 28.8 Å². The van der Waals surface area contributed by atoms with Gasteiger partial charge in [-0.2, -0.15) is 12.1 Å². The van der Waals surface area contributed by atoms with E-state index < -0.39 is 0 Å². The third kappa shape index (κ3) is 10.2. The fourth-order valence-corrected chi connectivity index (χ4v) is 6.41. The van der Waals surface area contributed by atoms with Crippen molar-refractivity contribution in [1.82, 2.24) is 0 Å². The molecule has 256 valence electrons. The van der Waals surface area contributed by atoms with Crippen LogP contribution >= 0.6 is 24.8 Å². The molecule has 0 aliphatic heterocycles. The second-order valence-corrected chi connectivity index (χ2v) is 13.6. The molecule has 0 unspecified atom stereocenters. The summed E-state index contributed by atoms with van der Waals surface area (Å²) in [6.45, 7) is 25.3. The van der Waals surface area contributed by atoms with Crippen LogP contribution < -0.4 is 0 Å². The first-order valence-electron chi connectivity index (χ1n) is 15.6. The molecular formula is C44H54Cl2SiZr-4. The van der Waals surface area contributed by atoms with E-state index in [-0.39, 0.29) is 45.1 Å². The zero-order valence-corrected chi connectivity index (χ0v) is 36.1. The van der Waals surface area contributed by atoms with Gasteiger partial charge in [0.25, 0.3) is 0 Å². The van der Waals surface area contributed by atoms with Gasteiger partial charge in [0.05, 0.1) is 0 Å². The maximum atomic E-state index is 3.06. The SMILES string of the molecule is Cc1cc(C)c(-c2cccc3[cH-]c(C(C)C)cc23)c(C)c1.Cc1cc2c(-c3ccc(C(C)(C)C)cc3)ccc(C)c2[cH-]1.Cl.Cl.[CH3-].[CH3-].[Si]=[Zr]. The number of aryl methyl sites for hydroxylation is 5. The van der Waals surface area contributed by atoms with Gasteiger partial charge in [0.15, 0.2) is 0 Å². The van der Waals surface area contributed by atoms with Crippen molar-refractivity contribution in [2.45, 2.75) is 80.6 Å². The molecule has 0 saturated carbocycles. The number of halogens is 2. The zero-order chi connectivity index (χ0) is 32.3. The van der Waals surface area contributed by atoms with Crippen molar-refractivity contribution in [1.29, 1.82) is 0 Å². The second-order valence-electron chi connectivity index (χ2n) is 13.6.